The van der Waals surface area contributed by atoms with Crippen LogP contribution < -0.4 is 20.7 Å². The zero-order valence-corrected chi connectivity index (χ0v) is 26.1. The lowest BCUT2D eigenvalue weighted by Gasteiger charge is -2.15. The third kappa shape index (κ3) is 8.78. The Kier molecular flexibility index (Phi) is 11.1. The van der Waals surface area contributed by atoms with Gasteiger partial charge >= 0.3 is 0 Å². The van der Waals surface area contributed by atoms with Crippen LogP contribution in [0.2, 0.25) is 15.1 Å². The number of methoxy groups -OCH3 is 1. The van der Waals surface area contributed by atoms with Gasteiger partial charge in [-0.1, -0.05) is 71.2 Å². The molecule has 11 heteroatoms. The first-order chi connectivity index (χ1) is 20.6. The van der Waals surface area contributed by atoms with Crippen LogP contribution in [0.25, 0.3) is 6.08 Å². The predicted octanol–water partition coefficient (Wildman–Crippen LogP) is 8.18. The van der Waals surface area contributed by atoms with E-state index in [1.807, 2.05) is 6.07 Å². The second kappa shape index (κ2) is 15.0. The molecular weight excluding hydrogens is 629 g/mol. The number of hydrogen-bond donors (Lipinski definition) is 3. The van der Waals surface area contributed by atoms with Crippen molar-refractivity contribution in [3.8, 4) is 5.75 Å². The Morgan fingerprint density at radius 3 is 2.26 bits per heavy atom. The van der Waals surface area contributed by atoms with Crippen LogP contribution in [0.15, 0.2) is 102 Å². The quantitative estimate of drug-likeness (QED) is 0.118. The SMILES string of the molecule is COc1ccc(NC(=O)C(C)Sc2cccc(NC(=O)/C(=C\c3cccc(Cl)c3Cl)NC(=O)c3ccccc3)c2)cc1Cl. The molecule has 0 heterocycles. The van der Waals surface area contributed by atoms with Crippen LogP contribution in [0.5, 0.6) is 5.75 Å². The average molecular weight is 655 g/mol. The van der Waals surface area contributed by atoms with Crippen molar-refractivity contribution in [3.63, 3.8) is 0 Å². The van der Waals surface area contributed by atoms with E-state index >= 15 is 0 Å². The van der Waals surface area contributed by atoms with Gasteiger partial charge in [0.15, 0.2) is 0 Å². The van der Waals surface area contributed by atoms with Crippen molar-refractivity contribution in [1.29, 1.82) is 0 Å². The number of anilines is 2. The number of benzene rings is 4. The lowest BCUT2D eigenvalue weighted by molar-refractivity contribution is -0.115. The molecule has 0 aliphatic carbocycles. The molecule has 0 bridgehead atoms. The van der Waals surface area contributed by atoms with Gasteiger partial charge in [-0.15, -0.1) is 11.8 Å². The Labute approximate surface area is 268 Å². The third-order valence-electron chi connectivity index (χ3n) is 6.00. The van der Waals surface area contributed by atoms with E-state index in [4.69, 9.17) is 39.5 Å². The standard InChI is InChI=1S/C32H26Cl3N3O4S/c1-19(30(39)36-23-14-15-28(42-2)26(34)18-23)43-24-12-7-11-22(17-24)37-32(41)27(16-21-10-6-13-25(33)29(21)35)38-31(40)20-8-4-3-5-9-20/h3-19H,1-2H3,(H,36,39)(H,37,41)(H,38,40)/b27-16+. The van der Waals surface area contributed by atoms with Gasteiger partial charge in [0.1, 0.15) is 11.4 Å². The van der Waals surface area contributed by atoms with Crippen LogP contribution in [0.1, 0.15) is 22.8 Å². The molecule has 4 aromatic carbocycles. The minimum absolute atomic E-state index is 0.0398. The fourth-order valence-electron chi connectivity index (χ4n) is 3.82. The molecule has 4 aromatic rings. The van der Waals surface area contributed by atoms with Gasteiger partial charge < -0.3 is 20.7 Å². The van der Waals surface area contributed by atoms with Crippen molar-refractivity contribution >= 4 is 81.7 Å². The largest absolute Gasteiger partial charge is 0.495 e. The maximum absolute atomic E-state index is 13.4. The van der Waals surface area contributed by atoms with Gasteiger partial charge in [-0.3, -0.25) is 14.4 Å². The molecule has 0 saturated heterocycles. The summed E-state index contributed by atoms with van der Waals surface area (Å²) in [6, 6.07) is 25.5. The zero-order chi connectivity index (χ0) is 30.9. The highest BCUT2D eigenvalue weighted by molar-refractivity contribution is 8.00. The van der Waals surface area contributed by atoms with Crippen molar-refractivity contribution in [1.82, 2.24) is 5.32 Å². The summed E-state index contributed by atoms with van der Waals surface area (Å²) in [5, 5.41) is 8.79. The first kappa shape index (κ1) is 32.0. The summed E-state index contributed by atoms with van der Waals surface area (Å²) in [4.78, 5) is 39.9. The van der Waals surface area contributed by atoms with E-state index in [1.54, 1.807) is 91.9 Å². The molecule has 0 aliphatic heterocycles. The van der Waals surface area contributed by atoms with Crippen LogP contribution in [0, 0.1) is 0 Å². The number of halogens is 3. The van der Waals surface area contributed by atoms with Gasteiger partial charge in [-0.2, -0.15) is 0 Å². The fraction of sp³-hybridized carbons (Fsp3) is 0.0938. The van der Waals surface area contributed by atoms with Gasteiger partial charge in [0.2, 0.25) is 5.91 Å². The molecule has 3 amide bonds. The average Bonchev–Trinajstić information content (AvgIpc) is 2.99. The monoisotopic (exact) mass is 653 g/mol. The Balaban J connectivity index is 1.49. The highest BCUT2D eigenvalue weighted by Crippen LogP contribution is 2.30. The van der Waals surface area contributed by atoms with E-state index in [-0.39, 0.29) is 16.6 Å². The zero-order valence-electron chi connectivity index (χ0n) is 23.0. The van der Waals surface area contributed by atoms with Crippen LogP contribution in [0.3, 0.4) is 0 Å². The Morgan fingerprint density at radius 1 is 0.814 bits per heavy atom. The smallest absolute Gasteiger partial charge is 0.272 e. The summed E-state index contributed by atoms with van der Waals surface area (Å²) >= 11 is 20.0. The second-order valence-electron chi connectivity index (χ2n) is 9.10. The van der Waals surface area contributed by atoms with E-state index in [9.17, 15) is 14.4 Å². The van der Waals surface area contributed by atoms with E-state index in [1.165, 1.54) is 24.9 Å². The Hall–Kier alpha value is -3.95. The summed E-state index contributed by atoms with van der Waals surface area (Å²) in [6.45, 7) is 1.77. The molecule has 7 nitrogen and oxygen atoms in total. The highest BCUT2D eigenvalue weighted by atomic mass is 35.5. The van der Waals surface area contributed by atoms with Gasteiger partial charge in [-0.25, -0.2) is 0 Å². The molecule has 0 aromatic heterocycles. The molecule has 0 radical (unpaired) electrons. The summed E-state index contributed by atoms with van der Waals surface area (Å²) in [5.41, 5.74) is 1.79. The number of hydrogen-bond acceptors (Lipinski definition) is 5. The lowest BCUT2D eigenvalue weighted by atomic mass is 10.1. The summed E-state index contributed by atoms with van der Waals surface area (Å²) in [6.07, 6.45) is 1.46. The first-order valence-electron chi connectivity index (χ1n) is 12.9. The fourth-order valence-corrected chi connectivity index (χ4v) is 5.37. The first-order valence-corrected chi connectivity index (χ1v) is 14.9. The Bertz CT molecular complexity index is 1680. The van der Waals surface area contributed by atoms with E-state index in [2.05, 4.69) is 16.0 Å². The number of amides is 3. The molecule has 1 atom stereocenters. The minimum atomic E-state index is -0.579. The number of nitrogens with one attached hydrogen (secondary N) is 3. The highest BCUT2D eigenvalue weighted by Gasteiger charge is 2.18. The molecule has 0 aliphatic rings. The summed E-state index contributed by atoms with van der Waals surface area (Å²) in [7, 11) is 1.52. The molecule has 0 saturated carbocycles. The molecule has 220 valence electrons. The number of thioether (sulfide) groups is 1. The van der Waals surface area contributed by atoms with Crippen molar-refractivity contribution in [3.05, 3.63) is 123 Å². The summed E-state index contributed by atoms with van der Waals surface area (Å²) < 4.78 is 5.15. The molecule has 3 N–H and O–H groups in total. The third-order valence-corrected chi connectivity index (χ3v) is 8.23. The maximum atomic E-state index is 13.4. The van der Waals surface area contributed by atoms with Gasteiger partial charge in [0.25, 0.3) is 11.8 Å². The second-order valence-corrected chi connectivity index (χ2v) is 11.7. The molecular formula is C32H26Cl3N3O4S. The normalized spacial score (nSPS) is 11.8. The van der Waals surface area contributed by atoms with Gasteiger partial charge in [-0.05, 0) is 73.2 Å². The van der Waals surface area contributed by atoms with Crippen LogP contribution in [0.4, 0.5) is 11.4 Å². The number of carbonyl (C=O) groups is 3. The van der Waals surface area contributed by atoms with E-state index in [0.29, 0.717) is 38.3 Å². The molecule has 0 spiro atoms. The Morgan fingerprint density at radius 2 is 1.53 bits per heavy atom. The van der Waals surface area contributed by atoms with Crippen molar-refractivity contribution in [2.75, 3.05) is 17.7 Å². The molecule has 1 unspecified atom stereocenters. The number of ether oxygens (including phenoxy) is 1. The van der Waals surface area contributed by atoms with Crippen molar-refractivity contribution < 1.29 is 19.1 Å². The van der Waals surface area contributed by atoms with Crippen LogP contribution in [-0.2, 0) is 9.59 Å². The van der Waals surface area contributed by atoms with Crippen molar-refractivity contribution in [2.24, 2.45) is 0 Å². The lowest BCUT2D eigenvalue weighted by Crippen LogP contribution is -2.30. The molecule has 4 rings (SSSR count). The van der Waals surface area contributed by atoms with Gasteiger partial charge in [0.05, 0.1) is 27.4 Å². The van der Waals surface area contributed by atoms with E-state index in [0.717, 1.165) is 4.90 Å². The molecule has 0 fully saturated rings. The van der Waals surface area contributed by atoms with Crippen molar-refractivity contribution in [2.45, 2.75) is 17.1 Å². The predicted molar refractivity (Wildman–Crippen MR) is 175 cm³/mol. The topological polar surface area (TPSA) is 96.5 Å². The molecule has 43 heavy (non-hydrogen) atoms. The maximum Gasteiger partial charge on any atom is 0.272 e. The minimum Gasteiger partial charge on any atom is -0.495 e. The summed E-state index contributed by atoms with van der Waals surface area (Å²) in [5.74, 6) is -0.769. The number of carbonyl (C=O) groups excluding carboxylic acids is 3. The number of rotatable bonds is 10. The van der Waals surface area contributed by atoms with Crippen LogP contribution >= 0.6 is 46.6 Å². The van der Waals surface area contributed by atoms with Gasteiger partial charge in [0, 0.05) is 21.8 Å². The van der Waals surface area contributed by atoms with E-state index < -0.39 is 17.1 Å². The van der Waals surface area contributed by atoms with Crippen LogP contribution in [-0.4, -0.2) is 30.1 Å².